The molecular formula is C13H29N3O. The average Bonchev–Trinajstić information content (AvgIpc) is 2.35. The van der Waals surface area contributed by atoms with Gasteiger partial charge in [-0.05, 0) is 59.5 Å². The first kappa shape index (κ1) is 14.9. The van der Waals surface area contributed by atoms with Gasteiger partial charge >= 0.3 is 0 Å². The van der Waals surface area contributed by atoms with Crippen LogP contribution in [0.2, 0.25) is 0 Å². The first-order chi connectivity index (χ1) is 8.17. The molecule has 0 aromatic rings. The normalized spacial score (nSPS) is 21.0. The van der Waals surface area contributed by atoms with Crippen molar-refractivity contribution in [3.8, 4) is 0 Å². The Morgan fingerprint density at radius 1 is 1.41 bits per heavy atom. The SMILES string of the molecule is CCNC(CO)CCN(C)C1CCN(C)CC1. The van der Waals surface area contributed by atoms with E-state index in [2.05, 4.69) is 36.1 Å². The van der Waals surface area contributed by atoms with Gasteiger partial charge < -0.3 is 20.2 Å². The van der Waals surface area contributed by atoms with Crippen molar-refractivity contribution in [2.45, 2.75) is 38.3 Å². The zero-order valence-corrected chi connectivity index (χ0v) is 11.7. The quantitative estimate of drug-likeness (QED) is 0.678. The molecule has 1 aliphatic rings. The van der Waals surface area contributed by atoms with Crippen molar-refractivity contribution in [3.63, 3.8) is 0 Å². The summed E-state index contributed by atoms with van der Waals surface area (Å²) in [5, 5.41) is 12.5. The lowest BCUT2D eigenvalue weighted by Crippen LogP contribution is -2.44. The van der Waals surface area contributed by atoms with Crippen LogP contribution in [0.25, 0.3) is 0 Å². The Morgan fingerprint density at radius 2 is 2.06 bits per heavy atom. The smallest absolute Gasteiger partial charge is 0.0585 e. The minimum absolute atomic E-state index is 0.245. The fourth-order valence-electron chi connectivity index (χ4n) is 2.52. The van der Waals surface area contributed by atoms with E-state index in [-0.39, 0.29) is 12.6 Å². The summed E-state index contributed by atoms with van der Waals surface area (Å²) in [5.41, 5.74) is 0. The van der Waals surface area contributed by atoms with E-state index in [1.54, 1.807) is 0 Å². The standard InChI is InChI=1S/C13H29N3O/c1-4-14-12(11-17)5-10-16(3)13-6-8-15(2)9-7-13/h12-14,17H,4-11H2,1-3H3. The van der Waals surface area contributed by atoms with Crippen LogP contribution in [0.5, 0.6) is 0 Å². The van der Waals surface area contributed by atoms with Gasteiger partial charge in [0.1, 0.15) is 0 Å². The van der Waals surface area contributed by atoms with Crippen molar-refractivity contribution in [2.75, 3.05) is 46.9 Å². The minimum Gasteiger partial charge on any atom is -0.395 e. The van der Waals surface area contributed by atoms with Crippen LogP contribution in [-0.2, 0) is 0 Å². The largest absolute Gasteiger partial charge is 0.395 e. The molecule has 0 aliphatic carbocycles. The van der Waals surface area contributed by atoms with Gasteiger partial charge in [-0.3, -0.25) is 0 Å². The van der Waals surface area contributed by atoms with E-state index in [1.165, 1.54) is 25.9 Å². The summed E-state index contributed by atoms with van der Waals surface area (Å²) in [4.78, 5) is 4.87. The number of rotatable bonds is 7. The Balaban J connectivity index is 2.21. The van der Waals surface area contributed by atoms with Gasteiger partial charge in [0.05, 0.1) is 6.61 Å². The summed E-state index contributed by atoms with van der Waals surface area (Å²) in [6.07, 6.45) is 3.59. The molecule has 0 aromatic carbocycles. The maximum Gasteiger partial charge on any atom is 0.0585 e. The van der Waals surface area contributed by atoms with Crippen LogP contribution in [0.3, 0.4) is 0 Å². The van der Waals surface area contributed by atoms with Gasteiger partial charge in [0.2, 0.25) is 0 Å². The Kier molecular flexibility index (Phi) is 7.04. The highest BCUT2D eigenvalue weighted by Crippen LogP contribution is 2.14. The first-order valence-electron chi connectivity index (χ1n) is 6.90. The summed E-state index contributed by atoms with van der Waals surface area (Å²) in [7, 11) is 4.42. The molecule has 2 N–H and O–H groups in total. The number of hydrogen-bond acceptors (Lipinski definition) is 4. The Hall–Kier alpha value is -0.160. The number of likely N-dealkylation sites (tertiary alicyclic amines) is 1. The van der Waals surface area contributed by atoms with Crippen molar-refractivity contribution >= 4 is 0 Å². The molecule has 1 heterocycles. The second-order valence-electron chi connectivity index (χ2n) is 5.24. The van der Waals surface area contributed by atoms with Gasteiger partial charge in [0.15, 0.2) is 0 Å². The first-order valence-corrected chi connectivity index (χ1v) is 6.90. The van der Waals surface area contributed by atoms with Crippen LogP contribution < -0.4 is 5.32 Å². The fraction of sp³-hybridized carbons (Fsp3) is 1.00. The summed E-state index contributed by atoms with van der Waals surface area (Å²) in [6, 6.07) is 0.987. The maximum absolute atomic E-state index is 9.23. The molecule has 102 valence electrons. The third-order valence-corrected chi connectivity index (χ3v) is 3.85. The molecular weight excluding hydrogens is 214 g/mol. The van der Waals surface area contributed by atoms with Gasteiger partial charge in [0.25, 0.3) is 0 Å². The van der Waals surface area contributed by atoms with E-state index < -0.39 is 0 Å². The van der Waals surface area contributed by atoms with Gasteiger partial charge in [-0.2, -0.15) is 0 Å². The number of nitrogens with zero attached hydrogens (tertiary/aromatic N) is 2. The van der Waals surface area contributed by atoms with Crippen molar-refractivity contribution in [2.24, 2.45) is 0 Å². The van der Waals surface area contributed by atoms with Crippen LogP contribution in [-0.4, -0.2) is 73.9 Å². The molecule has 1 saturated heterocycles. The van der Waals surface area contributed by atoms with Crippen molar-refractivity contribution in [1.82, 2.24) is 15.1 Å². The number of aliphatic hydroxyl groups excluding tert-OH is 1. The van der Waals surface area contributed by atoms with E-state index in [4.69, 9.17) is 0 Å². The number of hydrogen-bond donors (Lipinski definition) is 2. The number of nitrogens with one attached hydrogen (secondary N) is 1. The fourth-order valence-corrected chi connectivity index (χ4v) is 2.52. The molecule has 0 amide bonds. The highest BCUT2D eigenvalue weighted by molar-refractivity contribution is 4.78. The number of likely N-dealkylation sites (N-methyl/N-ethyl adjacent to an activating group) is 1. The van der Waals surface area contributed by atoms with Crippen LogP contribution in [0, 0.1) is 0 Å². The molecule has 1 fully saturated rings. The van der Waals surface area contributed by atoms with Crippen molar-refractivity contribution in [1.29, 1.82) is 0 Å². The molecule has 1 atom stereocenters. The minimum atomic E-state index is 0.245. The Morgan fingerprint density at radius 3 is 2.59 bits per heavy atom. The second kappa shape index (κ2) is 8.03. The van der Waals surface area contributed by atoms with Crippen LogP contribution >= 0.6 is 0 Å². The van der Waals surface area contributed by atoms with E-state index in [1.807, 2.05) is 0 Å². The van der Waals surface area contributed by atoms with Gasteiger partial charge in [-0.1, -0.05) is 6.92 Å². The lowest BCUT2D eigenvalue weighted by Gasteiger charge is -2.35. The monoisotopic (exact) mass is 243 g/mol. The maximum atomic E-state index is 9.23. The van der Waals surface area contributed by atoms with Crippen molar-refractivity contribution in [3.05, 3.63) is 0 Å². The van der Waals surface area contributed by atoms with E-state index in [0.29, 0.717) is 0 Å². The summed E-state index contributed by atoms with van der Waals surface area (Å²) < 4.78 is 0. The number of piperidine rings is 1. The Labute approximate surface area is 106 Å². The molecule has 0 radical (unpaired) electrons. The van der Waals surface area contributed by atoms with Crippen LogP contribution in [0.15, 0.2) is 0 Å². The van der Waals surface area contributed by atoms with Gasteiger partial charge in [-0.25, -0.2) is 0 Å². The third-order valence-electron chi connectivity index (χ3n) is 3.85. The highest BCUT2D eigenvalue weighted by atomic mass is 16.3. The molecule has 1 aliphatic heterocycles. The molecule has 4 heteroatoms. The lowest BCUT2D eigenvalue weighted by molar-refractivity contribution is 0.134. The molecule has 1 rings (SSSR count). The van der Waals surface area contributed by atoms with Gasteiger partial charge in [-0.15, -0.1) is 0 Å². The van der Waals surface area contributed by atoms with E-state index in [0.717, 1.165) is 25.6 Å². The summed E-state index contributed by atoms with van der Waals surface area (Å²) >= 11 is 0. The topological polar surface area (TPSA) is 38.7 Å². The van der Waals surface area contributed by atoms with E-state index >= 15 is 0 Å². The molecule has 17 heavy (non-hydrogen) atoms. The zero-order chi connectivity index (χ0) is 12.7. The molecule has 1 unspecified atom stereocenters. The predicted octanol–water partition coefficient (Wildman–Crippen LogP) is 0.373. The van der Waals surface area contributed by atoms with Crippen LogP contribution in [0.4, 0.5) is 0 Å². The Bertz CT molecular complexity index is 193. The van der Waals surface area contributed by atoms with Crippen molar-refractivity contribution < 1.29 is 5.11 Å². The third kappa shape index (κ3) is 5.34. The molecule has 0 spiro atoms. The molecule has 0 bridgehead atoms. The predicted molar refractivity (Wildman–Crippen MR) is 72.3 cm³/mol. The highest BCUT2D eigenvalue weighted by Gasteiger charge is 2.20. The average molecular weight is 243 g/mol. The summed E-state index contributed by atoms with van der Waals surface area (Å²) in [6.45, 7) is 6.77. The second-order valence-corrected chi connectivity index (χ2v) is 5.24. The van der Waals surface area contributed by atoms with Gasteiger partial charge in [0, 0.05) is 12.1 Å². The molecule has 0 aromatic heterocycles. The summed E-state index contributed by atoms with van der Waals surface area (Å²) in [5.74, 6) is 0. The number of aliphatic hydroxyl groups is 1. The molecule has 0 saturated carbocycles. The molecule has 4 nitrogen and oxygen atoms in total. The van der Waals surface area contributed by atoms with Crippen LogP contribution in [0.1, 0.15) is 26.2 Å². The lowest BCUT2D eigenvalue weighted by atomic mass is 10.0. The zero-order valence-electron chi connectivity index (χ0n) is 11.7. The van der Waals surface area contributed by atoms with E-state index in [9.17, 15) is 5.11 Å².